The summed E-state index contributed by atoms with van der Waals surface area (Å²) >= 11 is 1.36. The summed E-state index contributed by atoms with van der Waals surface area (Å²) in [5, 5.41) is 5.02. The number of carbonyl (C=O) groups is 1. The first-order valence-electron chi connectivity index (χ1n) is 4.65. The molecule has 0 saturated carbocycles. The molecule has 7 heteroatoms. The molecule has 0 aliphatic heterocycles. The summed E-state index contributed by atoms with van der Waals surface area (Å²) in [5.74, 6) is -0.243. The summed E-state index contributed by atoms with van der Waals surface area (Å²) < 4.78 is 0. The molecule has 2 aromatic rings. The fourth-order valence-corrected chi connectivity index (χ4v) is 1.88. The van der Waals surface area contributed by atoms with Gasteiger partial charge in [-0.1, -0.05) is 0 Å². The lowest BCUT2D eigenvalue weighted by Gasteiger charge is -1.97. The van der Waals surface area contributed by atoms with E-state index in [1.165, 1.54) is 11.3 Å². The normalized spacial score (nSPS) is 9.47. The molecule has 0 aromatic carbocycles. The molecule has 0 aliphatic rings. The van der Waals surface area contributed by atoms with E-state index in [1.54, 1.807) is 12.4 Å². The summed E-state index contributed by atoms with van der Waals surface area (Å²) in [7, 11) is 0. The molecule has 0 spiro atoms. The van der Waals surface area contributed by atoms with E-state index in [-0.39, 0.29) is 24.9 Å². The van der Waals surface area contributed by atoms with Crippen LogP contribution in [-0.4, -0.2) is 22.4 Å². The SMILES string of the molecule is Cl.NCC(=O)Nc1nc(-c2cccnc2)cs1. The largest absolute Gasteiger partial charge is 0.322 e. The van der Waals surface area contributed by atoms with Crippen LogP contribution in [0.1, 0.15) is 0 Å². The fourth-order valence-electron chi connectivity index (χ4n) is 1.15. The number of aromatic nitrogens is 2. The maximum absolute atomic E-state index is 11.0. The standard InChI is InChI=1S/C10H10N4OS.ClH/c11-4-9(15)14-10-13-8(6-16-10)7-2-1-3-12-5-7;/h1-3,5-6H,4,11H2,(H,13,14,15);1H. The fraction of sp³-hybridized carbons (Fsp3) is 0.100. The monoisotopic (exact) mass is 270 g/mol. The van der Waals surface area contributed by atoms with Gasteiger partial charge in [-0.15, -0.1) is 23.7 Å². The van der Waals surface area contributed by atoms with Gasteiger partial charge in [0, 0.05) is 23.3 Å². The molecule has 0 unspecified atom stereocenters. The van der Waals surface area contributed by atoms with Crippen molar-refractivity contribution in [2.24, 2.45) is 5.73 Å². The number of halogens is 1. The van der Waals surface area contributed by atoms with Crippen LogP contribution in [0.2, 0.25) is 0 Å². The molecule has 3 N–H and O–H groups in total. The zero-order valence-electron chi connectivity index (χ0n) is 8.79. The molecule has 0 saturated heterocycles. The minimum absolute atomic E-state index is 0. The summed E-state index contributed by atoms with van der Waals surface area (Å²) in [6, 6.07) is 3.75. The third-order valence-corrected chi connectivity index (χ3v) is 2.65. The van der Waals surface area contributed by atoms with Crippen molar-refractivity contribution >= 4 is 34.8 Å². The van der Waals surface area contributed by atoms with Crippen LogP contribution in [0, 0.1) is 0 Å². The van der Waals surface area contributed by atoms with Gasteiger partial charge in [0.25, 0.3) is 0 Å². The zero-order valence-corrected chi connectivity index (χ0v) is 10.4. The van der Waals surface area contributed by atoms with Crippen molar-refractivity contribution in [3.63, 3.8) is 0 Å². The molecule has 0 atom stereocenters. The predicted molar refractivity (Wildman–Crippen MR) is 70.3 cm³/mol. The Morgan fingerprint density at radius 2 is 2.35 bits per heavy atom. The van der Waals surface area contributed by atoms with E-state index in [9.17, 15) is 4.79 Å². The van der Waals surface area contributed by atoms with E-state index >= 15 is 0 Å². The third-order valence-electron chi connectivity index (χ3n) is 1.89. The Kier molecular flexibility index (Phi) is 5.02. The zero-order chi connectivity index (χ0) is 11.4. The molecule has 0 aliphatic carbocycles. The maximum atomic E-state index is 11.0. The van der Waals surface area contributed by atoms with Gasteiger partial charge < -0.3 is 11.1 Å². The molecule has 5 nitrogen and oxygen atoms in total. The average Bonchev–Trinajstić information content (AvgIpc) is 2.78. The highest BCUT2D eigenvalue weighted by Gasteiger charge is 2.06. The second-order valence-corrected chi connectivity index (χ2v) is 3.89. The van der Waals surface area contributed by atoms with E-state index in [4.69, 9.17) is 5.73 Å². The van der Waals surface area contributed by atoms with Crippen molar-refractivity contribution in [2.45, 2.75) is 0 Å². The van der Waals surface area contributed by atoms with Crippen LogP contribution < -0.4 is 11.1 Å². The lowest BCUT2D eigenvalue weighted by Crippen LogP contribution is -2.21. The minimum atomic E-state index is -0.243. The number of nitrogens with zero attached hydrogens (tertiary/aromatic N) is 2. The van der Waals surface area contributed by atoms with Crippen LogP contribution in [0.5, 0.6) is 0 Å². The molecule has 0 radical (unpaired) electrons. The van der Waals surface area contributed by atoms with Gasteiger partial charge in [-0.2, -0.15) is 0 Å². The topological polar surface area (TPSA) is 80.9 Å². The average molecular weight is 271 g/mol. The van der Waals surface area contributed by atoms with Gasteiger partial charge >= 0.3 is 0 Å². The van der Waals surface area contributed by atoms with Crippen LogP contribution >= 0.6 is 23.7 Å². The Morgan fingerprint density at radius 1 is 1.53 bits per heavy atom. The smallest absolute Gasteiger partial charge is 0.239 e. The number of hydrogen-bond donors (Lipinski definition) is 2. The number of rotatable bonds is 3. The molecular weight excluding hydrogens is 260 g/mol. The second-order valence-electron chi connectivity index (χ2n) is 3.03. The van der Waals surface area contributed by atoms with Gasteiger partial charge in [-0.25, -0.2) is 4.98 Å². The lowest BCUT2D eigenvalue weighted by molar-refractivity contribution is -0.114. The summed E-state index contributed by atoms with van der Waals surface area (Å²) in [5.41, 5.74) is 6.91. The molecule has 0 fully saturated rings. The van der Waals surface area contributed by atoms with Gasteiger partial charge in [0.1, 0.15) is 0 Å². The van der Waals surface area contributed by atoms with Gasteiger partial charge in [-0.05, 0) is 12.1 Å². The van der Waals surface area contributed by atoms with E-state index in [0.29, 0.717) is 5.13 Å². The first-order valence-corrected chi connectivity index (χ1v) is 5.53. The van der Waals surface area contributed by atoms with Gasteiger partial charge in [0.2, 0.25) is 5.91 Å². The third kappa shape index (κ3) is 3.48. The maximum Gasteiger partial charge on any atom is 0.239 e. The van der Waals surface area contributed by atoms with Crippen molar-refractivity contribution < 1.29 is 4.79 Å². The molecule has 2 rings (SSSR count). The summed E-state index contributed by atoms with van der Waals surface area (Å²) in [6.45, 7) is -0.0399. The van der Waals surface area contributed by atoms with Gasteiger partial charge in [-0.3, -0.25) is 9.78 Å². The first kappa shape index (κ1) is 13.6. The number of nitrogens with two attached hydrogens (primary N) is 1. The Bertz CT molecular complexity index is 488. The number of nitrogens with one attached hydrogen (secondary N) is 1. The highest BCUT2D eigenvalue weighted by molar-refractivity contribution is 7.14. The van der Waals surface area contributed by atoms with Gasteiger partial charge in [0.15, 0.2) is 5.13 Å². The molecule has 90 valence electrons. The van der Waals surface area contributed by atoms with Crippen molar-refractivity contribution in [2.75, 3.05) is 11.9 Å². The van der Waals surface area contributed by atoms with Crippen LogP contribution in [0.3, 0.4) is 0 Å². The van der Waals surface area contributed by atoms with Crippen LogP contribution in [0.25, 0.3) is 11.3 Å². The predicted octanol–water partition coefficient (Wildman–Crippen LogP) is 1.52. The summed E-state index contributed by atoms with van der Waals surface area (Å²) in [6.07, 6.45) is 3.43. The highest BCUT2D eigenvalue weighted by Crippen LogP contribution is 2.23. The molecule has 2 aromatic heterocycles. The number of anilines is 1. The van der Waals surface area contributed by atoms with Crippen LogP contribution in [-0.2, 0) is 4.79 Å². The van der Waals surface area contributed by atoms with E-state index in [1.807, 2.05) is 17.5 Å². The van der Waals surface area contributed by atoms with Crippen molar-refractivity contribution in [3.05, 3.63) is 29.9 Å². The molecule has 17 heavy (non-hydrogen) atoms. The number of carbonyl (C=O) groups excluding carboxylic acids is 1. The number of pyridine rings is 1. The Hall–Kier alpha value is -1.50. The van der Waals surface area contributed by atoms with Crippen LogP contribution in [0.4, 0.5) is 5.13 Å². The highest BCUT2D eigenvalue weighted by atomic mass is 35.5. The molecule has 0 bridgehead atoms. The first-order chi connectivity index (χ1) is 7.79. The molecule has 2 heterocycles. The van der Waals surface area contributed by atoms with E-state index in [2.05, 4.69) is 15.3 Å². The quantitative estimate of drug-likeness (QED) is 0.886. The van der Waals surface area contributed by atoms with E-state index < -0.39 is 0 Å². The Labute approximate surface area is 109 Å². The van der Waals surface area contributed by atoms with Crippen molar-refractivity contribution in [1.82, 2.24) is 9.97 Å². The second kappa shape index (κ2) is 6.29. The van der Waals surface area contributed by atoms with Gasteiger partial charge in [0.05, 0.1) is 12.2 Å². The number of thiazole rings is 1. The Morgan fingerprint density at radius 3 is 3.00 bits per heavy atom. The number of amides is 1. The van der Waals surface area contributed by atoms with E-state index in [0.717, 1.165) is 11.3 Å². The number of hydrogen-bond acceptors (Lipinski definition) is 5. The Balaban J connectivity index is 0.00000144. The lowest BCUT2D eigenvalue weighted by atomic mass is 10.2. The minimum Gasteiger partial charge on any atom is -0.322 e. The molecule has 1 amide bonds. The molecular formula is C10H11ClN4OS. The van der Waals surface area contributed by atoms with Crippen molar-refractivity contribution in [1.29, 1.82) is 0 Å². The van der Waals surface area contributed by atoms with Crippen molar-refractivity contribution in [3.8, 4) is 11.3 Å². The van der Waals surface area contributed by atoms with Crippen LogP contribution in [0.15, 0.2) is 29.9 Å². The summed E-state index contributed by atoms with van der Waals surface area (Å²) in [4.78, 5) is 19.3.